The smallest absolute Gasteiger partial charge is 0.322 e. The fraction of sp³-hybridized carbons (Fsp3) is 0.160. The molecule has 5 aromatic rings. The minimum Gasteiger partial charge on any atom is -0.480 e. The highest BCUT2D eigenvalue weighted by atomic mass is 32.2. The van der Waals surface area contributed by atoms with Crippen LogP contribution >= 0.6 is 0 Å². The molecule has 0 radical (unpaired) electrons. The Kier molecular flexibility index (Phi) is 6.00. The molecule has 0 fully saturated rings. The molecule has 5 rings (SSSR count). The quantitative estimate of drug-likeness (QED) is 0.303. The molecule has 3 aromatic carbocycles. The number of hydrogen-bond acceptors (Lipinski definition) is 7. The third kappa shape index (κ3) is 4.56. The van der Waals surface area contributed by atoms with E-state index >= 15 is 0 Å². The number of nitrogens with zero attached hydrogens (tertiary/aromatic N) is 2. The van der Waals surface area contributed by atoms with E-state index in [0.29, 0.717) is 21.9 Å². The number of sulfonamides is 1. The van der Waals surface area contributed by atoms with Gasteiger partial charge >= 0.3 is 5.97 Å². The Balaban J connectivity index is 1.50. The van der Waals surface area contributed by atoms with Crippen molar-refractivity contribution < 1.29 is 36.0 Å². The zero-order valence-electron chi connectivity index (χ0n) is 19.4. The molecule has 0 amide bonds. The maximum absolute atomic E-state index is 14.1. The van der Waals surface area contributed by atoms with Gasteiger partial charge in [-0.25, -0.2) is 17.2 Å². The first kappa shape index (κ1) is 24.5. The summed E-state index contributed by atoms with van der Waals surface area (Å²) < 4.78 is 66.2. The number of carboxylic acids is 1. The average Bonchev–Trinajstić information content (AvgIpc) is 3.46. The lowest BCUT2D eigenvalue weighted by atomic mass is 10.1. The fourth-order valence-corrected chi connectivity index (χ4v) is 5.24. The van der Waals surface area contributed by atoms with Gasteiger partial charge in [0.15, 0.2) is 0 Å². The minimum atomic E-state index is -4.14. The molecule has 0 aliphatic carbocycles. The summed E-state index contributed by atoms with van der Waals surface area (Å²) in [5.41, 5.74) is 1.21. The number of fused-ring (bicyclic) bond motifs is 3. The first-order valence-corrected chi connectivity index (χ1v) is 12.5. The van der Waals surface area contributed by atoms with Gasteiger partial charge in [-0.15, -0.1) is 0 Å². The molecule has 2 N–H and O–H groups in total. The van der Waals surface area contributed by atoms with Crippen molar-refractivity contribution in [3.63, 3.8) is 0 Å². The lowest BCUT2D eigenvalue weighted by molar-refractivity contribution is -0.140. The molecule has 0 saturated carbocycles. The lowest BCUT2D eigenvalue weighted by Crippen LogP contribution is -2.44. The highest BCUT2D eigenvalue weighted by Crippen LogP contribution is 2.34. The summed E-state index contributed by atoms with van der Waals surface area (Å²) in [4.78, 5) is 15.5. The van der Waals surface area contributed by atoms with Gasteiger partial charge in [-0.3, -0.25) is 4.79 Å². The molecule has 2 heterocycles. The Hall–Kier alpha value is -4.16. The summed E-state index contributed by atoms with van der Waals surface area (Å²) in [5, 5.41) is 14.5. The van der Waals surface area contributed by atoms with Gasteiger partial charge in [-0.05, 0) is 48.4 Å². The molecule has 0 aliphatic rings. The van der Waals surface area contributed by atoms with Crippen LogP contribution in [0.2, 0.25) is 0 Å². The van der Waals surface area contributed by atoms with E-state index in [4.69, 9.17) is 8.94 Å². The SMILES string of the molecule is CC(C)[C@H](NS(=O)(=O)c1ccc2c(c1)oc1ccc(-c3noc(-c4ccc(F)cc4F)n3)cc12)C(=O)O. The van der Waals surface area contributed by atoms with Gasteiger partial charge in [-0.2, -0.15) is 9.71 Å². The van der Waals surface area contributed by atoms with Crippen molar-refractivity contribution >= 4 is 37.9 Å². The summed E-state index contributed by atoms with van der Waals surface area (Å²) in [6.45, 7) is 3.20. The second-order valence-corrected chi connectivity index (χ2v) is 10.4. The van der Waals surface area contributed by atoms with Gasteiger partial charge in [-0.1, -0.05) is 19.0 Å². The topological polar surface area (TPSA) is 136 Å². The van der Waals surface area contributed by atoms with Gasteiger partial charge in [0.25, 0.3) is 5.89 Å². The molecular weight excluding hydrogens is 508 g/mol. The third-order valence-electron chi connectivity index (χ3n) is 5.81. The van der Waals surface area contributed by atoms with Gasteiger partial charge in [0, 0.05) is 28.5 Å². The van der Waals surface area contributed by atoms with Gasteiger partial charge < -0.3 is 14.0 Å². The number of benzene rings is 3. The van der Waals surface area contributed by atoms with Crippen LogP contribution in [0.25, 0.3) is 44.8 Å². The van der Waals surface area contributed by atoms with E-state index in [2.05, 4.69) is 14.9 Å². The molecule has 37 heavy (non-hydrogen) atoms. The molecule has 12 heteroatoms. The molecule has 0 unspecified atom stereocenters. The van der Waals surface area contributed by atoms with Crippen LogP contribution in [0.5, 0.6) is 0 Å². The number of furan rings is 1. The molecular formula is C25H19F2N3O6S. The van der Waals surface area contributed by atoms with Crippen molar-refractivity contribution in [1.82, 2.24) is 14.9 Å². The molecule has 1 atom stereocenters. The van der Waals surface area contributed by atoms with Crippen LogP contribution in [0.1, 0.15) is 13.8 Å². The molecule has 0 saturated heterocycles. The average molecular weight is 528 g/mol. The van der Waals surface area contributed by atoms with E-state index in [1.165, 1.54) is 18.2 Å². The Morgan fingerprint density at radius 1 is 1.00 bits per heavy atom. The number of hydrogen-bond donors (Lipinski definition) is 2. The Morgan fingerprint density at radius 3 is 2.49 bits per heavy atom. The molecule has 9 nitrogen and oxygen atoms in total. The molecule has 0 spiro atoms. The number of aliphatic carboxylic acids is 1. The van der Waals surface area contributed by atoms with E-state index in [1.54, 1.807) is 38.1 Å². The van der Waals surface area contributed by atoms with E-state index in [-0.39, 0.29) is 27.8 Å². The van der Waals surface area contributed by atoms with E-state index in [0.717, 1.165) is 12.1 Å². The van der Waals surface area contributed by atoms with Crippen LogP contribution in [-0.2, 0) is 14.8 Å². The van der Waals surface area contributed by atoms with Gasteiger partial charge in [0.2, 0.25) is 15.8 Å². The van der Waals surface area contributed by atoms with Crippen LogP contribution in [-0.4, -0.2) is 35.7 Å². The number of carboxylic acid groups (broad SMARTS) is 1. The van der Waals surface area contributed by atoms with Crippen LogP contribution in [0.15, 0.2) is 68.4 Å². The molecule has 0 bridgehead atoms. The van der Waals surface area contributed by atoms with Crippen molar-refractivity contribution in [3.8, 4) is 22.8 Å². The highest BCUT2D eigenvalue weighted by molar-refractivity contribution is 7.89. The van der Waals surface area contributed by atoms with Crippen LogP contribution in [0.3, 0.4) is 0 Å². The summed E-state index contributed by atoms with van der Waals surface area (Å²) in [5.74, 6) is -3.27. The molecule has 0 aliphatic heterocycles. The summed E-state index contributed by atoms with van der Waals surface area (Å²) in [6, 6.07) is 11.0. The summed E-state index contributed by atoms with van der Waals surface area (Å²) in [6.07, 6.45) is 0. The van der Waals surface area contributed by atoms with Crippen molar-refractivity contribution in [3.05, 3.63) is 66.2 Å². The summed E-state index contributed by atoms with van der Waals surface area (Å²) >= 11 is 0. The Labute approximate surface area is 208 Å². The fourth-order valence-electron chi connectivity index (χ4n) is 3.88. The van der Waals surface area contributed by atoms with Crippen LogP contribution < -0.4 is 4.72 Å². The summed E-state index contributed by atoms with van der Waals surface area (Å²) in [7, 11) is -4.14. The normalized spacial score (nSPS) is 13.0. The van der Waals surface area contributed by atoms with E-state index < -0.39 is 39.6 Å². The van der Waals surface area contributed by atoms with Crippen molar-refractivity contribution in [1.29, 1.82) is 0 Å². The van der Waals surface area contributed by atoms with Crippen LogP contribution in [0, 0.1) is 17.6 Å². The predicted molar refractivity (Wildman–Crippen MR) is 129 cm³/mol. The number of rotatable bonds is 7. The van der Waals surface area contributed by atoms with Crippen molar-refractivity contribution in [2.45, 2.75) is 24.8 Å². The van der Waals surface area contributed by atoms with Gasteiger partial charge in [0.05, 0.1) is 10.5 Å². The predicted octanol–water partition coefficient (Wildman–Crippen LogP) is 4.97. The number of nitrogens with one attached hydrogen (secondary N) is 1. The monoisotopic (exact) mass is 527 g/mol. The molecule has 2 aromatic heterocycles. The maximum atomic E-state index is 14.1. The molecule has 190 valence electrons. The first-order valence-electron chi connectivity index (χ1n) is 11.0. The third-order valence-corrected chi connectivity index (χ3v) is 7.25. The van der Waals surface area contributed by atoms with Gasteiger partial charge in [0.1, 0.15) is 28.8 Å². The lowest BCUT2D eigenvalue weighted by Gasteiger charge is -2.17. The number of carbonyl (C=O) groups is 1. The number of halogens is 2. The number of aromatic nitrogens is 2. The standard InChI is InChI=1S/C25H19F2N3O6S/c1-12(2)22(25(31)32)30-37(33,34)15-5-7-16-18-9-13(3-8-20(18)35-21(16)11-15)23-28-24(36-29-23)17-6-4-14(26)10-19(17)27/h3-12,22,30H,1-2H3,(H,31,32)/t22-/m0/s1. The van der Waals surface area contributed by atoms with Crippen molar-refractivity contribution in [2.75, 3.05) is 0 Å². The van der Waals surface area contributed by atoms with E-state index in [1.807, 2.05) is 0 Å². The first-order chi connectivity index (χ1) is 17.5. The highest BCUT2D eigenvalue weighted by Gasteiger charge is 2.28. The van der Waals surface area contributed by atoms with Crippen molar-refractivity contribution in [2.24, 2.45) is 5.92 Å². The zero-order valence-corrected chi connectivity index (χ0v) is 20.2. The Bertz CT molecular complexity index is 1780. The zero-order chi connectivity index (χ0) is 26.5. The second-order valence-electron chi connectivity index (χ2n) is 8.70. The van der Waals surface area contributed by atoms with Crippen LogP contribution in [0.4, 0.5) is 8.78 Å². The maximum Gasteiger partial charge on any atom is 0.322 e. The minimum absolute atomic E-state index is 0.0417. The Morgan fingerprint density at radius 2 is 1.78 bits per heavy atom. The second kappa shape index (κ2) is 9.05. The van der Waals surface area contributed by atoms with E-state index in [9.17, 15) is 27.1 Å². The largest absolute Gasteiger partial charge is 0.480 e.